The van der Waals surface area contributed by atoms with E-state index in [1.807, 2.05) is 23.7 Å². The third-order valence-corrected chi connectivity index (χ3v) is 4.27. The van der Waals surface area contributed by atoms with Crippen molar-refractivity contribution in [1.29, 1.82) is 0 Å². The smallest absolute Gasteiger partial charge is 0.0591 e. The maximum Gasteiger partial charge on any atom is 0.0591 e. The van der Waals surface area contributed by atoms with Crippen LogP contribution in [-0.4, -0.2) is 16.2 Å². The summed E-state index contributed by atoms with van der Waals surface area (Å²) in [5, 5.41) is 12.0. The van der Waals surface area contributed by atoms with Crippen molar-refractivity contribution >= 4 is 27.3 Å². The molecule has 2 aromatic rings. The molecule has 2 heterocycles. The van der Waals surface area contributed by atoms with Gasteiger partial charge in [0.05, 0.1) is 6.10 Å². The number of halogens is 1. The Kier molecular flexibility index (Phi) is 4.71. The molecule has 0 aliphatic heterocycles. The van der Waals surface area contributed by atoms with Gasteiger partial charge in [0.1, 0.15) is 0 Å². The molecule has 17 heavy (non-hydrogen) atoms. The van der Waals surface area contributed by atoms with E-state index in [9.17, 15) is 5.11 Å². The summed E-state index contributed by atoms with van der Waals surface area (Å²) in [7, 11) is 0. The molecular weight excluding hydrogens is 298 g/mol. The van der Waals surface area contributed by atoms with Crippen molar-refractivity contribution < 1.29 is 5.11 Å². The fourth-order valence-electron chi connectivity index (χ4n) is 1.67. The number of aliphatic hydroxyl groups excluding tert-OH is 1. The van der Waals surface area contributed by atoms with Crippen LogP contribution in [0.3, 0.4) is 0 Å². The second-order valence-electron chi connectivity index (χ2n) is 3.99. The number of rotatable bonds is 5. The average molecular weight is 312 g/mol. The lowest BCUT2D eigenvalue weighted by Gasteiger charge is -2.08. The Morgan fingerprint density at radius 2 is 2.35 bits per heavy atom. The summed E-state index contributed by atoms with van der Waals surface area (Å²) < 4.78 is 1.09. The molecule has 0 saturated heterocycles. The van der Waals surface area contributed by atoms with E-state index in [1.54, 1.807) is 17.5 Å². The van der Waals surface area contributed by atoms with Crippen molar-refractivity contribution in [2.75, 3.05) is 0 Å². The quantitative estimate of drug-likeness (QED) is 0.917. The van der Waals surface area contributed by atoms with Gasteiger partial charge in [-0.3, -0.25) is 4.98 Å². The fourth-order valence-corrected chi connectivity index (χ4v) is 3.20. The molecule has 1 unspecified atom stereocenters. The van der Waals surface area contributed by atoms with Crippen molar-refractivity contribution in [2.45, 2.75) is 25.4 Å². The van der Waals surface area contributed by atoms with E-state index in [0.29, 0.717) is 0 Å². The van der Waals surface area contributed by atoms with E-state index in [-0.39, 0.29) is 6.10 Å². The van der Waals surface area contributed by atoms with Crippen LogP contribution in [-0.2, 0) is 12.8 Å². The van der Waals surface area contributed by atoms with Crippen LogP contribution < -0.4 is 0 Å². The van der Waals surface area contributed by atoms with Crippen LogP contribution in [0.1, 0.15) is 16.9 Å². The zero-order chi connectivity index (χ0) is 12.1. The largest absolute Gasteiger partial charge is 0.393 e. The first-order valence-electron chi connectivity index (χ1n) is 5.54. The molecule has 0 aliphatic carbocycles. The van der Waals surface area contributed by atoms with Crippen LogP contribution in [0, 0.1) is 0 Å². The van der Waals surface area contributed by atoms with Crippen molar-refractivity contribution in [2.24, 2.45) is 0 Å². The first-order valence-corrected chi connectivity index (χ1v) is 7.21. The zero-order valence-corrected chi connectivity index (χ0v) is 11.7. The van der Waals surface area contributed by atoms with Crippen LogP contribution in [0.2, 0.25) is 0 Å². The second-order valence-corrected chi connectivity index (χ2v) is 5.90. The van der Waals surface area contributed by atoms with Crippen LogP contribution >= 0.6 is 27.3 Å². The van der Waals surface area contributed by atoms with Gasteiger partial charge in [-0.2, -0.15) is 0 Å². The SMILES string of the molecule is OC(CCc1cccnc1)Cc1cc(Br)cs1. The lowest BCUT2D eigenvalue weighted by Crippen LogP contribution is -2.10. The molecule has 0 fully saturated rings. The highest BCUT2D eigenvalue weighted by molar-refractivity contribution is 9.10. The maximum absolute atomic E-state index is 9.94. The number of aryl methyl sites for hydroxylation is 1. The maximum atomic E-state index is 9.94. The topological polar surface area (TPSA) is 33.1 Å². The van der Waals surface area contributed by atoms with Gasteiger partial charge in [-0.1, -0.05) is 6.07 Å². The average Bonchev–Trinajstić information content (AvgIpc) is 2.73. The predicted molar refractivity (Wildman–Crippen MR) is 74.3 cm³/mol. The van der Waals surface area contributed by atoms with Gasteiger partial charge >= 0.3 is 0 Å². The summed E-state index contributed by atoms with van der Waals surface area (Å²) in [5.41, 5.74) is 1.18. The Bertz CT molecular complexity index is 457. The molecule has 0 bridgehead atoms. The third-order valence-electron chi connectivity index (χ3n) is 2.55. The summed E-state index contributed by atoms with van der Waals surface area (Å²) in [6.45, 7) is 0. The number of aliphatic hydroxyl groups is 1. The number of hydrogen-bond acceptors (Lipinski definition) is 3. The molecule has 1 atom stereocenters. The van der Waals surface area contributed by atoms with Crippen molar-refractivity contribution in [3.8, 4) is 0 Å². The lowest BCUT2D eigenvalue weighted by atomic mass is 10.1. The Hall–Kier alpha value is -0.710. The molecular formula is C13H14BrNOS. The molecule has 2 rings (SSSR count). The number of nitrogens with zero attached hydrogens (tertiary/aromatic N) is 1. The molecule has 0 spiro atoms. The van der Waals surface area contributed by atoms with E-state index in [2.05, 4.69) is 27.0 Å². The van der Waals surface area contributed by atoms with Crippen LogP contribution in [0.4, 0.5) is 0 Å². The molecule has 4 heteroatoms. The van der Waals surface area contributed by atoms with Crippen molar-refractivity contribution in [3.05, 3.63) is 50.9 Å². The van der Waals surface area contributed by atoms with Gasteiger partial charge in [-0.05, 0) is 46.5 Å². The zero-order valence-electron chi connectivity index (χ0n) is 9.34. The van der Waals surface area contributed by atoms with Gasteiger partial charge in [-0.25, -0.2) is 0 Å². The van der Waals surface area contributed by atoms with Crippen LogP contribution in [0.15, 0.2) is 40.4 Å². The van der Waals surface area contributed by atoms with Gasteiger partial charge in [0, 0.05) is 33.5 Å². The number of pyridine rings is 1. The Morgan fingerprint density at radius 1 is 1.47 bits per heavy atom. The van der Waals surface area contributed by atoms with Crippen molar-refractivity contribution in [3.63, 3.8) is 0 Å². The molecule has 0 radical (unpaired) electrons. The number of aromatic nitrogens is 1. The molecule has 0 saturated carbocycles. The van der Waals surface area contributed by atoms with E-state index in [1.165, 1.54) is 10.4 Å². The Morgan fingerprint density at radius 3 is 3.00 bits per heavy atom. The van der Waals surface area contributed by atoms with Gasteiger partial charge in [-0.15, -0.1) is 11.3 Å². The summed E-state index contributed by atoms with van der Waals surface area (Å²) >= 11 is 5.10. The fraction of sp³-hybridized carbons (Fsp3) is 0.308. The monoisotopic (exact) mass is 311 g/mol. The second kappa shape index (κ2) is 6.28. The van der Waals surface area contributed by atoms with E-state index in [0.717, 1.165) is 23.7 Å². The van der Waals surface area contributed by atoms with Gasteiger partial charge in [0.2, 0.25) is 0 Å². The van der Waals surface area contributed by atoms with Crippen LogP contribution in [0.25, 0.3) is 0 Å². The highest BCUT2D eigenvalue weighted by Crippen LogP contribution is 2.21. The first kappa shape index (κ1) is 12.7. The standard InChI is InChI=1S/C13H14BrNOS/c14-11-6-13(17-9-11)7-12(16)4-3-10-2-1-5-15-8-10/h1-2,5-6,8-9,12,16H,3-4,7H2. The van der Waals surface area contributed by atoms with Gasteiger partial charge < -0.3 is 5.11 Å². The minimum Gasteiger partial charge on any atom is -0.393 e. The summed E-state index contributed by atoms with van der Waals surface area (Å²) in [4.78, 5) is 5.28. The van der Waals surface area contributed by atoms with Crippen molar-refractivity contribution in [1.82, 2.24) is 4.98 Å². The molecule has 0 aliphatic rings. The molecule has 90 valence electrons. The highest BCUT2D eigenvalue weighted by Gasteiger charge is 2.07. The molecule has 1 N–H and O–H groups in total. The van der Waals surface area contributed by atoms with E-state index in [4.69, 9.17) is 0 Å². The Balaban J connectivity index is 1.80. The highest BCUT2D eigenvalue weighted by atomic mass is 79.9. The van der Waals surface area contributed by atoms with E-state index < -0.39 is 0 Å². The first-order chi connectivity index (χ1) is 8.24. The molecule has 0 aromatic carbocycles. The number of thiophene rings is 1. The summed E-state index contributed by atoms with van der Waals surface area (Å²) in [6, 6.07) is 6.04. The predicted octanol–water partition coefficient (Wildman–Crippen LogP) is 3.44. The van der Waals surface area contributed by atoms with E-state index >= 15 is 0 Å². The van der Waals surface area contributed by atoms with Gasteiger partial charge in [0.15, 0.2) is 0 Å². The molecule has 2 aromatic heterocycles. The Labute approximate surface area is 113 Å². The molecule has 0 amide bonds. The lowest BCUT2D eigenvalue weighted by molar-refractivity contribution is 0.166. The van der Waals surface area contributed by atoms with Crippen LogP contribution in [0.5, 0.6) is 0 Å². The normalized spacial score (nSPS) is 12.6. The summed E-state index contributed by atoms with van der Waals surface area (Å²) in [6.07, 6.45) is 5.73. The van der Waals surface area contributed by atoms with Gasteiger partial charge in [0.25, 0.3) is 0 Å². The minimum atomic E-state index is -0.277. The third kappa shape index (κ3) is 4.22. The minimum absolute atomic E-state index is 0.277. The summed E-state index contributed by atoms with van der Waals surface area (Å²) in [5.74, 6) is 0. The molecule has 2 nitrogen and oxygen atoms in total. The number of hydrogen-bond donors (Lipinski definition) is 1.